The van der Waals surface area contributed by atoms with E-state index in [4.69, 9.17) is 0 Å². The molecule has 4 N–H and O–H groups in total. The molecule has 0 aromatic heterocycles. The number of nitrogens with one attached hydrogen (secondary N) is 3. The third-order valence-corrected chi connectivity index (χ3v) is 6.10. The lowest BCUT2D eigenvalue weighted by molar-refractivity contribution is -0.117. The van der Waals surface area contributed by atoms with Crippen LogP contribution in [0.3, 0.4) is 0 Å². The van der Waals surface area contributed by atoms with Crippen molar-refractivity contribution in [3.8, 4) is 5.75 Å². The van der Waals surface area contributed by atoms with Gasteiger partial charge >= 0.3 is 10.2 Å². The Morgan fingerprint density at radius 1 is 1.36 bits per heavy atom. The van der Waals surface area contributed by atoms with Gasteiger partial charge in [0.1, 0.15) is 18.0 Å². The van der Waals surface area contributed by atoms with Gasteiger partial charge in [0.05, 0.1) is 0 Å². The average Bonchev–Trinajstić information content (AvgIpc) is 3.18. The van der Waals surface area contributed by atoms with Crippen LogP contribution in [0.5, 0.6) is 5.75 Å². The van der Waals surface area contributed by atoms with E-state index in [1.54, 1.807) is 4.72 Å². The van der Waals surface area contributed by atoms with Crippen LogP contribution in [0.4, 0.5) is 15.8 Å². The van der Waals surface area contributed by atoms with Crippen molar-refractivity contribution < 1.29 is 22.7 Å². The number of hydrogen-bond donors (Lipinski definition) is 4. The molecule has 1 saturated carbocycles. The molecule has 1 amide bonds. The van der Waals surface area contributed by atoms with Gasteiger partial charge in [-0.15, -0.1) is 0 Å². The first-order chi connectivity index (χ1) is 11.8. The van der Waals surface area contributed by atoms with Crippen molar-refractivity contribution in [1.82, 2.24) is 10.0 Å². The van der Waals surface area contributed by atoms with Gasteiger partial charge in [-0.3, -0.25) is 4.79 Å². The molecular formula is C15H19FN4O4S. The van der Waals surface area contributed by atoms with Crippen LogP contribution in [0.25, 0.3) is 0 Å². The number of phenols is 1. The molecule has 1 aromatic rings. The third kappa shape index (κ3) is 2.99. The second-order valence-corrected chi connectivity index (χ2v) is 8.36. The lowest BCUT2D eigenvalue weighted by atomic mass is 10.1. The Bertz CT molecular complexity index is 840. The van der Waals surface area contributed by atoms with Gasteiger partial charge in [-0.25, -0.2) is 13.4 Å². The van der Waals surface area contributed by atoms with E-state index in [0.717, 1.165) is 12.5 Å². The fourth-order valence-corrected chi connectivity index (χ4v) is 4.47. The van der Waals surface area contributed by atoms with E-state index in [9.17, 15) is 22.7 Å². The molecule has 0 spiro atoms. The minimum atomic E-state index is -4.18. The van der Waals surface area contributed by atoms with Crippen molar-refractivity contribution in [2.45, 2.75) is 25.3 Å². The molecule has 136 valence electrons. The second-order valence-electron chi connectivity index (χ2n) is 6.77. The topological polar surface area (TPSA) is 111 Å². The van der Waals surface area contributed by atoms with Gasteiger partial charge in [0.15, 0.2) is 5.82 Å². The summed E-state index contributed by atoms with van der Waals surface area (Å²) in [6, 6.07) is 1.28. The van der Waals surface area contributed by atoms with Gasteiger partial charge < -0.3 is 15.7 Å². The Hall–Kier alpha value is -2.07. The van der Waals surface area contributed by atoms with E-state index in [1.807, 2.05) is 0 Å². The molecule has 8 nitrogen and oxygen atoms in total. The number of halogens is 1. The predicted octanol–water partition coefficient (Wildman–Crippen LogP) is 0.0485. The van der Waals surface area contributed by atoms with Crippen LogP contribution in [0.15, 0.2) is 6.07 Å². The largest absolute Gasteiger partial charge is 0.506 e. The summed E-state index contributed by atoms with van der Waals surface area (Å²) in [5.41, 5.74) is 0.291. The molecule has 0 bridgehead atoms. The first-order valence-electron chi connectivity index (χ1n) is 8.20. The van der Waals surface area contributed by atoms with Gasteiger partial charge in [-0.2, -0.15) is 8.42 Å². The SMILES string of the molecule is O=C1CN(c2c(O)cc3c(c2F)C[C@H](CNCC2CC2)N3)S(=O)(=O)N1. The number of phenolic OH excluding ortho intramolecular Hbond substituents is 1. The molecule has 2 heterocycles. The standard InChI is InChI=1S/C15H19FN4O4S/c16-14-10-3-9(6-17-5-8-1-2-8)18-11(10)4-12(21)15(14)20-7-13(22)19-25(20,23)24/h4,8-9,17-18,21H,1-3,5-7H2,(H,19,22)/t9-/m1/s1. The number of carbonyl (C=O) groups excluding carboxylic acids is 1. The van der Waals surface area contributed by atoms with Crippen LogP contribution >= 0.6 is 0 Å². The summed E-state index contributed by atoms with van der Waals surface area (Å²) in [7, 11) is -4.18. The number of rotatable bonds is 5. The monoisotopic (exact) mass is 370 g/mol. The summed E-state index contributed by atoms with van der Waals surface area (Å²) in [4.78, 5) is 11.4. The Morgan fingerprint density at radius 3 is 2.76 bits per heavy atom. The molecule has 0 unspecified atom stereocenters. The normalized spacial score (nSPS) is 24.1. The Morgan fingerprint density at radius 2 is 2.12 bits per heavy atom. The van der Waals surface area contributed by atoms with E-state index >= 15 is 0 Å². The van der Waals surface area contributed by atoms with Gasteiger partial charge in [-0.1, -0.05) is 0 Å². The van der Waals surface area contributed by atoms with Crippen molar-refractivity contribution in [2.24, 2.45) is 5.92 Å². The van der Waals surface area contributed by atoms with Crippen LogP contribution in [0, 0.1) is 11.7 Å². The number of amides is 1. The molecule has 1 aromatic carbocycles. The summed E-state index contributed by atoms with van der Waals surface area (Å²) in [5.74, 6) is -1.36. The lowest BCUT2D eigenvalue weighted by Crippen LogP contribution is -2.32. The van der Waals surface area contributed by atoms with Crippen molar-refractivity contribution in [2.75, 3.05) is 29.3 Å². The van der Waals surface area contributed by atoms with Crippen molar-refractivity contribution >= 4 is 27.5 Å². The van der Waals surface area contributed by atoms with Gasteiger partial charge in [0, 0.05) is 29.9 Å². The summed E-state index contributed by atoms with van der Waals surface area (Å²) in [6.45, 7) is 1.04. The van der Waals surface area contributed by atoms with Crippen LogP contribution in [-0.2, 0) is 21.4 Å². The minimum Gasteiger partial charge on any atom is -0.506 e. The molecule has 2 aliphatic heterocycles. The zero-order chi connectivity index (χ0) is 17.8. The fourth-order valence-electron chi connectivity index (χ4n) is 3.30. The molecule has 0 radical (unpaired) electrons. The molecule has 25 heavy (non-hydrogen) atoms. The molecule has 4 rings (SSSR count). The quantitative estimate of drug-likeness (QED) is 0.583. The number of nitrogens with zero attached hydrogens (tertiary/aromatic N) is 1. The van der Waals surface area contributed by atoms with Crippen LogP contribution in [0.2, 0.25) is 0 Å². The molecule has 1 saturated heterocycles. The van der Waals surface area contributed by atoms with Crippen molar-refractivity contribution in [1.29, 1.82) is 0 Å². The van der Waals surface area contributed by atoms with Gasteiger partial charge in [0.2, 0.25) is 0 Å². The fraction of sp³-hybridized carbons (Fsp3) is 0.533. The Kier molecular flexibility index (Phi) is 3.76. The van der Waals surface area contributed by atoms with E-state index in [-0.39, 0.29) is 6.04 Å². The van der Waals surface area contributed by atoms with E-state index in [0.29, 0.717) is 28.5 Å². The minimum absolute atomic E-state index is 0.0344. The first-order valence-corrected chi connectivity index (χ1v) is 9.64. The smallest absolute Gasteiger partial charge is 0.326 e. The predicted molar refractivity (Wildman–Crippen MR) is 89.2 cm³/mol. The molecule has 3 aliphatic rings. The lowest BCUT2D eigenvalue weighted by Gasteiger charge is -2.18. The van der Waals surface area contributed by atoms with Crippen LogP contribution in [-0.4, -0.2) is 45.1 Å². The molecular weight excluding hydrogens is 351 g/mol. The highest BCUT2D eigenvalue weighted by Gasteiger charge is 2.39. The summed E-state index contributed by atoms with van der Waals surface area (Å²) < 4.78 is 41.2. The average molecular weight is 370 g/mol. The Balaban J connectivity index is 1.57. The zero-order valence-electron chi connectivity index (χ0n) is 13.4. The molecule has 2 fully saturated rings. The molecule has 1 atom stereocenters. The maximum absolute atomic E-state index is 14.9. The van der Waals surface area contributed by atoms with Crippen LogP contribution < -0.4 is 19.7 Å². The number of anilines is 2. The summed E-state index contributed by atoms with van der Waals surface area (Å²) in [6.07, 6.45) is 2.86. The zero-order valence-corrected chi connectivity index (χ0v) is 14.2. The van der Waals surface area contributed by atoms with Crippen molar-refractivity contribution in [3.63, 3.8) is 0 Å². The molecule has 10 heteroatoms. The summed E-state index contributed by atoms with van der Waals surface area (Å²) in [5, 5.41) is 16.6. The number of benzene rings is 1. The highest BCUT2D eigenvalue weighted by molar-refractivity contribution is 7.92. The van der Waals surface area contributed by atoms with Crippen molar-refractivity contribution in [3.05, 3.63) is 17.4 Å². The second kappa shape index (κ2) is 5.73. The third-order valence-electron chi connectivity index (χ3n) is 4.72. The highest BCUT2D eigenvalue weighted by atomic mass is 32.2. The maximum Gasteiger partial charge on any atom is 0.326 e. The van der Waals surface area contributed by atoms with E-state index in [1.165, 1.54) is 18.9 Å². The van der Waals surface area contributed by atoms with Crippen LogP contribution in [0.1, 0.15) is 18.4 Å². The number of hydrogen-bond acceptors (Lipinski definition) is 6. The summed E-state index contributed by atoms with van der Waals surface area (Å²) >= 11 is 0. The highest BCUT2D eigenvalue weighted by Crippen LogP contribution is 2.42. The van der Waals surface area contributed by atoms with E-state index < -0.39 is 39.9 Å². The number of aromatic hydroxyl groups is 1. The molecule has 1 aliphatic carbocycles. The first kappa shape index (κ1) is 16.4. The Labute approximate surface area is 144 Å². The number of carbonyl (C=O) groups is 1. The van der Waals surface area contributed by atoms with E-state index in [2.05, 4.69) is 10.6 Å². The maximum atomic E-state index is 14.9. The number of fused-ring (bicyclic) bond motifs is 1. The van der Waals surface area contributed by atoms with Gasteiger partial charge in [-0.05, 0) is 31.7 Å². The van der Waals surface area contributed by atoms with Gasteiger partial charge in [0.25, 0.3) is 5.91 Å².